The second-order valence-corrected chi connectivity index (χ2v) is 5.41. The van der Waals surface area contributed by atoms with Crippen molar-refractivity contribution in [3.63, 3.8) is 0 Å². The Hall–Kier alpha value is -1.41. The molecule has 0 radical (unpaired) electrons. The van der Waals surface area contributed by atoms with Crippen LogP contribution in [0.3, 0.4) is 0 Å². The lowest BCUT2D eigenvalue weighted by molar-refractivity contribution is 0.0486. The molecule has 8 heteroatoms. The maximum atomic E-state index is 11.7. The number of ether oxygens (including phenoxy) is 1. The van der Waals surface area contributed by atoms with Crippen LogP contribution in [-0.4, -0.2) is 31.2 Å². The largest absolute Gasteiger partial charge is 0.461 e. The topological polar surface area (TPSA) is 115 Å². The molecule has 0 aliphatic rings. The molecule has 0 saturated heterocycles. The third-order valence-corrected chi connectivity index (χ3v) is 3.42. The highest BCUT2D eigenvalue weighted by Gasteiger charge is 2.26. The fraction of sp³-hybridized carbons (Fsp3) is 0.600. The summed E-state index contributed by atoms with van der Waals surface area (Å²) in [5.74, 6) is -0.778. The third kappa shape index (κ3) is 3.54. The number of carbonyl (C=O) groups excluding carboxylic acids is 1. The summed E-state index contributed by atoms with van der Waals surface area (Å²) in [5.41, 5.74) is -0.0653. The van der Waals surface area contributed by atoms with Crippen molar-refractivity contribution in [2.75, 3.05) is 6.61 Å². The van der Waals surface area contributed by atoms with Gasteiger partial charge in [-0.05, 0) is 13.3 Å². The summed E-state index contributed by atoms with van der Waals surface area (Å²) in [5, 5.41) is 11.1. The Balaban J connectivity index is 2.81. The highest BCUT2D eigenvalue weighted by atomic mass is 32.2. The number of carbonyl (C=O) groups is 1. The molecule has 1 heterocycles. The number of nitrogens with one attached hydrogen (secondary N) is 1. The zero-order valence-corrected chi connectivity index (χ0v) is 11.2. The number of aromatic nitrogens is 2. The lowest BCUT2D eigenvalue weighted by Gasteiger charge is -2.03. The number of aryl methyl sites for hydroxylation is 1. The van der Waals surface area contributed by atoms with Gasteiger partial charge in [0.1, 0.15) is 4.90 Å². The average molecular weight is 275 g/mol. The summed E-state index contributed by atoms with van der Waals surface area (Å²) in [7, 11) is -4.00. The third-order valence-electron chi connectivity index (χ3n) is 2.35. The predicted molar refractivity (Wildman–Crippen MR) is 64.5 cm³/mol. The molecule has 0 spiro atoms. The number of rotatable bonds is 6. The quantitative estimate of drug-likeness (QED) is 0.586. The van der Waals surface area contributed by atoms with Gasteiger partial charge in [0.2, 0.25) is 10.0 Å². The molecule has 0 aromatic carbocycles. The van der Waals surface area contributed by atoms with E-state index in [1.807, 2.05) is 6.92 Å². The Bertz CT molecular complexity index is 521. The lowest BCUT2D eigenvalue weighted by atomic mass is 10.3. The Morgan fingerprint density at radius 1 is 1.44 bits per heavy atom. The van der Waals surface area contributed by atoms with Gasteiger partial charge in [0.05, 0.1) is 12.3 Å². The minimum atomic E-state index is -4.00. The van der Waals surface area contributed by atoms with Crippen LogP contribution in [0.2, 0.25) is 0 Å². The van der Waals surface area contributed by atoms with Crippen molar-refractivity contribution in [1.82, 2.24) is 10.2 Å². The van der Waals surface area contributed by atoms with E-state index in [0.717, 1.165) is 19.3 Å². The fourth-order valence-corrected chi connectivity index (χ4v) is 2.36. The van der Waals surface area contributed by atoms with Gasteiger partial charge < -0.3 is 4.74 Å². The highest BCUT2D eigenvalue weighted by molar-refractivity contribution is 7.89. The number of aromatic amines is 1. The molecule has 0 saturated carbocycles. The van der Waals surface area contributed by atoms with E-state index in [1.165, 1.54) is 6.92 Å². The van der Waals surface area contributed by atoms with Crippen molar-refractivity contribution in [1.29, 1.82) is 0 Å². The minimum Gasteiger partial charge on any atom is -0.461 e. The van der Waals surface area contributed by atoms with E-state index >= 15 is 0 Å². The van der Waals surface area contributed by atoms with Gasteiger partial charge in [-0.2, -0.15) is 5.10 Å². The normalized spacial score (nSPS) is 11.5. The summed E-state index contributed by atoms with van der Waals surface area (Å²) in [6.07, 6.45) is 2.67. The lowest BCUT2D eigenvalue weighted by Crippen LogP contribution is -2.18. The van der Waals surface area contributed by atoms with Gasteiger partial charge >= 0.3 is 5.97 Å². The van der Waals surface area contributed by atoms with Crippen LogP contribution in [-0.2, 0) is 14.8 Å². The number of H-pyrrole nitrogens is 1. The number of esters is 1. The monoisotopic (exact) mass is 275 g/mol. The molecule has 0 aliphatic heterocycles. The first kappa shape index (κ1) is 14.7. The van der Waals surface area contributed by atoms with E-state index in [-0.39, 0.29) is 22.9 Å². The maximum Gasteiger partial charge on any atom is 0.360 e. The molecule has 0 aliphatic carbocycles. The van der Waals surface area contributed by atoms with Gasteiger partial charge in [0.15, 0.2) is 5.69 Å². The molecule has 0 unspecified atom stereocenters. The molecular weight excluding hydrogens is 258 g/mol. The summed E-state index contributed by atoms with van der Waals surface area (Å²) >= 11 is 0. The number of sulfonamides is 1. The summed E-state index contributed by atoms with van der Waals surface area (Å²) in [4.78, 5) is 11.4. The summed E-state index contributed by atoms with van der Waals surface area (Å²) < 4.78 is 27.6. The summed E-state index contributed by atoms with van der Waals surface area (Å²) in [6, 6.07) is 0. The number of nitrogens with two attached hydrogens (primary N) is 1. The van der Waals surface area contributed by atoms with Gasteiger partial charge in [-0.15, -0.1) is 0 Å². The van der Waals surface area contributed by atoms with Crippen LogP contribution < -0.4 is 5.14 Å². The number of nitrogens with zero attached hydrogens (tertiary/aromatic N) is 1. The van der Waals surface area contributed by atoms with E-state index in [4.69, 9.17) is 9.88 Å². The van der Waals surface area contributed by atoms with Crippen molar-refractivity contribution in [2.24, 2.45) is 5.14 Å². The Labute approximate surface area is 106 Å². The zero-order chi connectivity index (χ0) is 13.8. The number of hydrogen-bond donors (Lipinski definition) is 2. The minimum absolute atomic E-state index is 0.220. The van der Waals surface area contributed by atoms with Crippen molar-refractivity contribution in [2.45, 2.75) is 38.0 Å². The maximum absolute atomic E-state index is 11.7. The molecular formula is C10H17N3O4S. The molecule has 102 valence electrons. The van der Waals surface area contributed by atoms with Gasteiger partial charge in [0, 0.05) is 0 Å². The molecule has 1 aromatic heterocycles. The standard InChI is InChI=1S/C10H17N3O4S/c1-3-4-5-6-17-10(14)8-9(18(11,15)16)7(2)12-13-8/h3-6H2,1-2H3,(H,12,13)(H2,11,15,16). The molecule has 0 fully saturated rings. The predicted octanol–water partition coefficient (Wildman–Crippen LogP) is 0.713. The molecule has 18 heavy (non-hydrogen) atoms. The Morgan fingerprint density at radius 3 is 2.67 bits per heavy atom. The average Bonchev–Trinajstić information content (AvgIpc) is 2.66. The van der Waals surface area contributed by atoms with Gasteiger partial charge in [-0.1, -0.05) is 19.8 Å². The van der Waals surface area contributed by atoms with Crippen LogP contribution in [0.4, 0.5) is 0 Å². The molecule has 7 nitrogen and oxygen atoms in total. The van der Waals surface area contributed by atoms with E-state index < -0.39 is 16.0 Å². The van der Waals surface area contributed by atoms with Crippen LogP contribution in [0, 0.1) is 6.92 Å². The smallest absolute Gasteiger partial charge is 0.360 e. The van der Waals surface area contributed by atoms with E-state index in [0.29, 0.717) is 0 Å². The number of primary sulfonamides is 1. The fourth-order valence-electron chi connectivity index (χ4n) is 1.49. The van der Waals surface area contributed by atoms with Crippen molar-refractivity contribution in [3.05, 3.63) is 11.4 Å². The first-order chi connectivity index (χ1) is 8.38. The first-order valence-corrected chi connectivity index (χ1v) is 7.17. The van der Waals surface area contributed by atoms with Crippen LogP contribution in [0.1, 0.15) is 42.4 Å². The Kier molecular flexibility index (Phi) is 4.85. The summed E-state index contributed by atoms with van der Waals surface area (Å²) in [6.45, 7) is 3.74. The molecule has 1 rings (SSSR count). The zero-order valence-electron chi connectivity index (χ0n) is 10.4. The Morgan fingerprint density at radius 2 is 2.11 bits per heavy atom. The van der Waals surface area contributed by atoms with Crippen LogP contribution in [0.5, 0.6) is 0 Å². The molecule has 0 bridgehead atoms. The number of hydrogen-bond acceptors (Lipinski definition) is 5. The number of unbranched alkanes of at least 4 members (excludes halogenated alkanes) is 2. The van der Waals surface area contributed by atoms with E-state index in [2.05, 4.69) is 10.2 Å². The highest BCUT2D eigenvalue weighted by Crippen LogP contribution is 2.16. The van der Waals surface area contributed by atoms with Crippen molar-refractivity contribution in [3.8, 4) is 0 Å². The van der Waals surface area contributed by atoms with Crippen molar-refractivity contribution >= 4 is 16.0 Å². The van der Waals surface area contributed by atoms with Crippen LogP contribution in [0.15, 0.2) is 4.90 Å². The SMILES string of the molecule is CCCCCOC(=O)c1n[nH]c(C)c1S(N)(=O)=O. The van der Waals surface area contributed by atoms with Gasteiger partial charge in [-0.3, -0.25) is 5.10 Å². The molecule has 0 amide bonds. The molecule has 1 aromatic rings. The molecule has 3 N–H and O–H groups in total. The van der Waals surface area contributed by atoms with Gasteiger partial charge in [-0.25, -0.2) is 18.4 Å². The van der Waals surface area contributed by atoms with Crippen LogP contribution in [0.25, 0.3) is 0 Å². The molecule has 0 atom stereocenters. The van der Waals surface area contributed by atoms with Crippen LogP contribution >= 0.6 is 0 Å². The second-order valence-electron chi connectivity index (χ2n) is 3.91. The van der Waals surface area contributed by atoms with Gasteiger partial charge in [0.25, 0.3) is 0 Å². The van der Waals surface area contributed by atoms with E-state index in [9.17, 15) is 13.2 Å². The van der Waals surface area contributed by atoms with Crippen molar-refractivity contribution < 1.29 is 17.9 Å². The second kappa shape index (κ2) is 5.96. The first-order valence-electron chi connectivity index (χ1n) is 5.62. The van der Waals surface area contributed by atoms with E-state index in [1.54, 1.807) is 0 Å².